The van der Waals surface area contributed by atoms with E-state index in [4.69, 9.17) is 34.6 Å². The van der Waals surface area contributed by atoms with Crippen LogP contribution in [-0.4, -0.2) is 0 Å². The molecule has 0 bridgehead atoms. The second kappa shape index (κ2) is 12.7. The van der Waals surface area contributed by atoms with Crippen LogP contribution in [0.2, 0.25) is 0 Å². The summed E-state index contributed by atoms with van der Waals surface area (Å²) < 4.78 is 313. The van der Waals surface area contributed by atoms with Gasteiger partial charge in [-0.05, 0) is 107 Å². The first-order valence-corrected chi connectivity index (χ1v) is 16.2. The van der Waals surface area contributed by atoms with Gasteiger partial charge in [0.05, 0.1) is 46.6 Å². The van der Waals surface area contributed by atoms with E-state index < -0.39 is 315 Å². The van der Waals surface area contributed by atoms with Crippen molar-refractivity contribution in [3.8, 4) is 55.6 Å². The number of para-hydroxylation sites is 1. The maximum atomic E-state index is 9.94. The minimum absolute atomic E-state index is 0.579. The Hall–Kier alpha value is -7.22. The summed E-state index contributed by atoms with van der Waals surface area (Å²) >= 11 is 0. The van der Waals surface area contributed by atoms with E-state index in [-0.39, 0.29) is 0 Å². The lowest BCUT2D eigenvalue weighted by molar-refractivity contribution is 0.670. The fraction of sp³-hybridized carbons (Fsp3) is 0. The molecule has 1 heterocycles. The SMILES string of the molecule is [2H]c1c([2H])c([2H])c(-c2c([2H])c([2H])c([2H])c3c2oc2c([2H])c([2H])c(-c4c5c([2H])c([2H])c([2H])c([2H])c5c(-c5c([2H])c([2H])c(-c6c([2H])c([2H])c([2H])c(-c7c([2H])c([2H])c8c([2H])c([2H])c([2H])c([2H])c8c7[2H])c6[2H])c([2H])c5[2H])c5c([2H])c([2H])c([2H])c([2H])c45)c([2H])c23)c([2H])c1[2H]. The highest BCUT2D eigenvalue weighted by Gasteiger charge is 2.19. The van der Waals surface area contributed by atoms with Crippen LogP contribution in [0, 0.1) is 0 Å². The van der Waals surface area contributed by atoms with Gasteiger partial charge >= 0.3 is 0 Å². The van der Waals surface area contributed by atoms with Crippen LogP contribution < -0.4 is 0 Å². The first kappa shape index (κ1) is 12.4. The highest BCUT2D eigenvalue weighted by molar-refractivity contribution is 6.22. The summed E-state index contributed by atoms with van der Waals surface area (Å²) in [4.78, 5) is 0. The van der Waals surface area contributed by atoms with Gasteiger partial charge in [-0.1, -0.05) is 181 Å². The van der Waals surface area contributed by atoms with Gasteiger partial charge in [0.2, 0.25) is 0 Å². The van der Waals surface area contributed by atoms with Crippen molar-refractivity contribution in [3.63, 3.8) is 0 Å². The fourth-order valence-corrected chi connectivity index (χ4v) is 6.29. The molecule has 256 valence electrons. The Labute approximate surface area is 367 Å². The van der Waals surface area contributed by atoms with Crippen molar-refractivity contribution in [2.45, 2.75) is 0 Å². The Kier molecular flexibility index (Phi) is 2.87. The summed E-state index contributed by atoms with van der Waals surface area (Å²) in [6.07, 6.45) is 0. The normalized spacial score (nSPS) is 20.3. The summed E-state index contributed by atoms with van der Waals surface area (Å²) in [5, 5.41) is -5.82. The van der Waals surface area contributed by atoms with E-state index in [0.717, 1.165) is 0 Å². The lowest BCUT2D eigenvalue weighted by atomic mass is 9.85. The molecule has 0 aliphatic carbocycles. The van der Waals surface area contributed by atoms with Gasteiger partial charge in [-0.25, -0.2) is 0 Å². The third-order valence-electron chi connectivity index (χ3n) is 8.69. The molecule has 11 aromatic rings. The summed E-state index contributed by atoms with van der Waals surface area (Å²) in [5.41, 5.74) is -9.93. The van der Waals surface area contributed by atoms with Crippen molar-refractivity contribution in [1.82, 2.24) is 0 Å². The second-order valence-electron chi connectivity index (χ2n) is 11.8. The Morgan fingerprint density at radius 1 is 0.291 bits per heavy atom. The van der Waals surface area contributed by atoms with E-state index in [1.807, 2.05) is 0 Å². The van der Waals surface area contributed by atoms with E-state index in [1.54, 1.807) is 0 Å². The Morgan fingerprint density at radius 3 is 1.53 bits per heavy atom. The third kappa shape index (κ3) is 5.24. The molecule has 0 aliphatic rings. The molecule has 0 radical (unpaired) electrons. The van der Waals surface area contributed by atoms with Crippen LogP contribution in [0.25, 0.3) is 110 Å². The second-order valence-corrected chi connectivity index (χ2v) is 11.8. The zero-order valence-electron chi connectivity index (χ0n) is 61.4. The highest BCUT2D eigenvalue weighted by atomic mass is 16.3. The molecular weight excluding hydrogens is 665 g/mol. The van der Waals surface area contributed by atoms with Crippen LogP contribution in [0.1, 0.15) is 46.6 Å². The van der Waals surface area contributed by atoms with Crippen molar-refractivity contribution in [3.05, 3.63) is 205 Å². The number of hydrogen-bond donors (Lipinski definition) is 0. The molecule has 55 heavy (non-hydrogen) atoms. The molecule has 0 saturated carbocycles. The van der Waals surface area contributed by atoms with E-state index in [1.165, 1.54) is 0 Å². The average Bonchev–Trinajstić information content (AvgIpc) is 1.69. The molecule has 10 aromatic carbocycles. The number of benzene rings is 10. The Bertz CT molecular complexity index is 5100. The largest absolute Gasteiger partial charge is 0.455 e. The predicted octanol–water partition coefficient (Wildman–Crippen LogP) is 15.4. The number of hydrogen-bond acceptors (Lipinski definition) is 1. The molecule has 0 atom stereocenters. The molecule has 1 heteroatoms. The first-order valence-electron chi connectivity index (χ1n) is 33.2. The molecule has 0 spiro atoms. The van der Waals surface area contributed by atoms with Gasteiger partial charge in [-0.3, -0.25) is 0 Å². The van der Waals surface area contributed by atoms with E-state index >= 15 is 0 Å². The zero-order chi connectivity index (χ0) is 65.9. The Morgan fingerprint density at radius 2 is 0.800 bits per heavy atom. The first-order chi connectivity index (χ1) is 41.4. The van der Waals surface area contributed by atoms with Gasteiger partial charge in [0.1, 0.15) is 11.2 Å². The van der Waals surface area contributed by atoms with Crippen molar-refractivity contribution in [1.29, 1.82) is 0 Å². The molecule has 0 fully saturated rings. The minimum Gasteiger partial charge on any atom is -0.455 e. The number of furan rings is 1. The molecule has 1 nitrogen and oxygen atoms in total. The average molecular weight is 733 g/mol. The minimum atomic E-state index is -1.21. The lowest BCUT2D eigenvalue weighted by Gasteiger charge is -2.18. The van der Waals surface area contributed by atoms with Gasteiger partial charge in [0, 0.05) is 16.3 Å². The van der Waals surface area contributed by atoms with E-state index in [0.29, 0.717) is 0 Å². The van der Waals surface area contributed by atoms with Gasteiger partial charge in [0.15, 0.2) is 0 Å². The molecule has 0 N–H and O–H groups in total. The van der Waals surface area contributed by atoms with Crippen molar-refractivity contribution in [2.75, 3.05) is 0 Å². The third-order valence-corrected chi connectivity index (χ3v) is 8.69. The summed E-state index contributed by atoms with van der Waals surface area (Å²) in [6.45, 7) is 0. The monoisotopic (exact) mass is 732 g/mol. The maximum absolute atomic E-state index is 9.94. The quantitative estimate of drug-likeness (QED) is 0.161. The maximum Gasteiger partial charge on any atom is 0.143 e. The molecule has 0 saturated heterocycles. The van der Waals surface area contributed by atoms with Crippen molar-refractivity contribution in [2.24, 2.45) is 0 Å². The lowest BCUT2D eigenvalue weighted by Crippen LogP contribution is -1.91. The zero-order valence-corrected chi connectivity index (χ0v) is 27.4. The van der Waals surface area contributed by atoms with Gasteiger partial charge in [-0.15, -0.1) is 0 Å². The topological polar surface area (TPSA) is 13.1 Å². The smallest absolute Gasteiger partial charge is 0.143 e. The number of fused-ring (bicyclic) bond motifs is 6. The Balaban J connectivity index is 1.30. The van der Waals surface area contributed by atoms with Gasteiger partial charge in [0.25, 0.3) is 0 Å². The van der Waals surface area contributed by atoms with Gasteiger partial charge < -0.3 is 4.42 Å². The molecule has 0 aliphatic heterocycles. The molecule has 11 rings (SSSR count). The van der Waals surface area contributed by atoms with Crippen molar-refractivity contribution >= 4 is 54.3 Å². The predicted molar refractivity (Wildman–Crippen MR) is 233 cm³/mol. The van der Waals surface area contributed by atoms with Crippen LogP contribution in [0.15, 0.2) is 210 Å². The molecule has 1 aromatic heterocycles. The van der Waals surface area contributed by atoms with Gasteiger partial charge in [-0.2, -0.15) is 0 Å². The highest BCUT2D eigenvalue weighted by Crippen LogP contribution is 2.45. The number of rotatable bonds is 5. The van der Waals surface area contributed by atoms with E-state index in [9.17, 15) is 16.4 Å². The molecule has 0 amide bonds. The molecular formula is C54H34O. The molecule has 0 unspecified atom stereocenters. The van der Waals surface area contributed by atoms with Crippen LogP contribution in [-0.2, 0) is 0 Å². The summed E-state index contributed by atoms with van der Waals surface area (Å²) in [5.74, 6) is 0. The summed E-state index contributed by atoms with van der Waals surface area (Å²) in [7, 11) is 0. The van der Waals surface area contributed by atoms with Crippen LogP contribution in [0.5, 0.6) is 0 Å². The summed E-state index contributed by atoms with van der Waals surface area (Å²) in [6, 6.07) is -34.1. The van der Waals surface area contributed by atoms with Crippen LogP contribution in [0.4, 0.5) is 0 Å². The standard InChI is InChI=1S/C54H34O/c1-2-13-37(14-3-1)44-22-11-23-49-50-34-43(30-31-51(50)55-54(44)49)53-47-20-8-6-18-45(47)52(46-19-7-9-21-48(46)53)38-27-24-36(25-28-38)40-16-10-17-41(32-40)42-29-26-35-12-4-5-15-39(35)33-42/h1-34H/i1D,2D,3D,4D,5D,6D,7D,8D,9D,10D,11D,12D,13D,14D,15D,16D,17D,18D,19D,20D,21D,22D,23D,24D,25D,26D,27D,28D,29D,30D,31D,32D,33D,34D. The van der Waals surface area contributed by atoms with Crippen LogP contribution >= 0.6 is 0 Å². The van der Waals surface area contributed by atoms with E-state index in [2.05, 4.69) is 0 Å². The van der Waals surface area contributed by atoms with Crippen LogP contribution in [0.3, 0.4) is 0 Å². The fourth-order valence-electron chi connectivity index (χ4n) is 6.29. The van der Waals surface area contributed by atoms with Crippen molar-refractivity contribution < 1.29 is 51.0 Å².